The molecule has 1 aromatic rings. The summed E-state index contributed by atoms with van der Waals surface area (Å²) in [6.45, 7) is 1.01. The van der Waals surface area contributed by atoms with E-state index in [2.05, 4.69) is 10.3 Å². The first-order valence-electron chi connectivity index (χ1n) is 5.21. The van der Waals surface area contributed by atoms with Gasteiger partial charge in [-0.05, 0) is 25.5 Å². The van der Waals surface area contributed by atoms with Crippen LogP contribution in [0, 0.1) is 13.8 Å². The number of anilines is 1. The Morgan fingerprint density at radius 2 is 2.11 bits per heavy atom. The van der Waals surface area contributed by atoms with Gasteiger partial charge in [0.25, 0.3) is 5.92 Å². The Morgan fingerprint density at radius 1 is 1.50 bits per heavy atom. The zero-order chi connectivity index (χ0) is 13.9. The van der Waals surface area contributed by atoms with Crippen LogP contribution in [-0.2, 0) is 0 Å². The number of hydrogen-bond donors (Lipinski definition) is 3. The van der Waals surface area contributed by atoms with Crippen molar-refractivity contribution in [2.24, 2.45) is 0 Å². The lowest BCUT2D eigenvalue weighted by Gasteiger charge is -2.16. The van der Waals surface area contributed by atoms with Gasteiger partial charge in [0.05, 0.1) is 6.54 Å². The number of hydrogen-bond acceptors (Lipinski definition) is 4. The predicted molar refractivity (Wildman–Crippen MR) is 61.2 cm³/mol. The number of nitrogens with zero attached hydrogens (tertiary/aromatic N) is 1. The highest BCUT2D eigenvalue weighted by atomic mass is 19.3. The molecule has 100 valence electrons. The molecule has 3 N–H and O–H groups in total. The standard InChI is InChI=1S/C11H14F2N2O3/c1-6-3-7(2)15-9(8(6)10(17)18)14-4-11(12,13)5-16/h3,16H,4-5H2,1-2H3,(H,14,15)(H,17,18). The van der Waals surface area contributed by atoms with E-state index in [9.17, 15) is 13.6 Å². The van der Waals surface area contributed by atoms with Gasteiger partial charge in [-0.15, -0.1) is 0 Å². The Balaban J connectivity index is 3.04. The van der Waals surface area contributed by atoms with E-state index in [1.165, 1.54) is 0 Å². The molecule has 1 aromatic heterocycles. The van der Waals surface area contributed by atoms with Gasteiger partial charge < -0.3 is 15.5 Å². The first-order valence-corrected chi connectivity index (χ1v) is 5.21. The summed E-state index contributed by atoms with van der Waals surface area (Å²) in [6.07, 6.45) is 0. The van der Waals surface area contributed by atoms with Crippen LogP contribution in [0.2, 0.25) is 0 Å². The zero-order valence-electron chi connectivity index (χ0n) is 10.00. The fraction of sp³-hybridized carbons (Fsp3) is 0.455. The van der Waals surface area contributed by atoms with Gasteiger partial charge in [0.1, 0.15) is 18.0 Å². The minimum atomic E-state index is -3.32. The molecule has 0 bridgehead atoms. The van der Waals surface area contributed by atoms with Gasteiger partial charge in [-0.2, -0.15) is 0 Å². The van der Waals surface area contributed by atoms with E-state index in [0.29, 0.717) is 11.3 Å². The van der Waals surface area contributed by atoms with E-state index in [4.69, 9.17) is 10.2 Å². The van der Waals surface area contributed by atoms with Crippen LogP contribution in [0.3, 0.4) is 0 Å². The lowest BCUT2D eigenvalue weighted by molar-refractivity contribution is -0.0373. The molecule has 1 rings (SSSR count). The van der Waals surface area contributed by atoms with Gasteiger partial charge in [-0.3, -0.25) is 0 Å². The molecule has 0 aliphatic carbocycles. The number of nitrogens with one attached hydrogen (secondary N) is 1. The average molecular weight is 260 g/mol. The number of pyridine rings is 1. The number of halogens is 2. The van der Waals surface area contributed by atoms with Crippen molar-refractivity contribution < 1.29 is 23.8 Å². The van der Waals surface area contributed by atoms with Gasteiger partial charge in [0.15, 0.2) is 0 Å². The van der Waals surface area contributed by atoms with Crippen molar-refractivity contribution in [1.29, 1.82) is 0 Å². The Morgan fingerprint density at radius 3 is 2.61 bits per heavy atom. The van der Waals surface area contributed by atoms with Crippen LogP contribution in [0.1, 0.15) is 21.6 Å². The van der Waals surface area contributed by atoms with Gasteiger partial charge >= 0.3 is 5.97 Å². The molecular weight excluding hydrogens is 246 g/mol. The zero-order valence-corrected chi connectivity index (χ0v) is 10.00. The number of aromatic nitrogens is 1. The van der Waals surface area contributed by atoms with Crippen LogP contribution in [0.4, 0.5) is 14.6 Å². The molecule has 0 unspecified atom stereocenters. The van der Waals surface area contributed by atoms with E-state index in [-0.39, 0.29) is 11.4 Å². The number of aliphatic hydroxyl groups is 1. The molecule has 0 aliphatic heterocycles. The molecule has 0 saturated carbocycles. The molecule has 0 atom stereocenters. The number of aromatic carboxylic acids is 1. The normalized spacial score (nSPS) is 11.4. The van der Waals surface area contributed by atoms with Crippen LogP contribution in [0.15, 0.2) is 6.07 Å². The summed E-state index contributed by atoms with van der Waals surface area (Å²) < 4.78 is 25.8. The first-order chi connectivity index (χ1) is 8.26. The van der Waals surface area contributed by atoms with Gasteiger partial charge in [0, 0.05) is 5.69 Å². The summed E-state index contributed by atoms with van der Waals surface area (Å²) in [4.78, 5) is 14.9. The summed E-state index contributed by atoms with van der Waals surface area (Å²) in [5, 5.41) is 19.7. The Labute approximate surface area is 102 Å². The van der Waals surface area contributed by atoms with E-state index in [0.717, 1.165) is 0 Å². The lowest BCUT2D eigenvalue weighted by atomic mass is 10.1. The summed E-state index contributed by atoms with van der Waals surface area (Å²) >= 11 is 0. The number of aryl methyl sites for hydroxylation is 2. The Bertz CT molecular complexity index is 464. The lowest BCUT2D eigenvalue weighted by Crippen LogP contribution is -2.32. The second-order valence-electron chi connectivity index (χ2n) is 3.98. The quantitative estimate of drug-likeness (QED) is 0.746. The summed E-state index contributed by atoms with van der Waals surface area (Å²) in [5.74, 6) is -4.68. The highest BCUT2D eigenvalue weighted by molar-refractivity contribution is 5.94. The van der Waals surface area contributed by atoms with Crippen molar-refractivity contribution in [1.82, 2.24) is 4.98 Å². The molecule has 0 radical (unpaired) electrons. The number of aliphatic hydroxyl groups excluding tert-OH is 1. The Kier molecular flexibility index (Phi) is 4.18. The van der Waals surface area contributed by atoms with Crippen molar-refractivity contribution in [2.45, 2.75) is 19.8 Å². The van der Waals surface area contributed by atoms with Crippen molar-refractivity contribution in [3.8, 4) is 0 Å². The number of carboxylic acids is 1. The van der Waals surface area contributed by atoms with Gasteiger partial charge in [0.2, 0.25) is 0 Å². The molecule has 0 saturated heterocycles. The monoisotopic (exact) mass is 260 g/mol. The largest absolute Gasteiger partial charge is 0.478 e. The summed E-state index contributed by atoms with van der Waals surface area (Å²) in [5.41, 5.74) is 0.812. The van der Waals surface area contributed by atoms with E-state index >= 15 is 0 Å². The molecule has 1 heterocycles. The molecule has 0 aliphatic rings. The Hall–Kier alpha value is -1.76. The number of carboxylic acid groups (broad SMARTS) is 1. The van der Waals surface area contributed by atoms with Crippen molar-refractivity contribution in [3.63, 3.8) is 0 Å². The highest BCUT2D eigenvalue weighted by Crippen LogP contribution is 2.20. The van der Waals surface area contributed by atoms with Gasteiger partial charge in [-0.25, -0.2) is 18.6 Å². The molecule has 18 heavy (non-hydrogen) atoms. The van der Waals surface area contributed by atoms with Crippen molar-refractivity contribution >= 4 is 11.8 Å². The molecule has 7 heteroatoms. The van der Waals surface area contributed by atoms with E-state index < -0.39 is 25.0 Å². The number of rotatable bonds is 5. The van der Waals surface area contributed by atoms with E-state index in [1.54, 1.807) is 19.9 Å². The first kappa shape index (κ1) is 14.3. The topological polar surface area (TPSA) is 82.5 Å². The average Bonchev–Trinajstić information content (AvgIpc) is 2.25. The third-order valence-corrected chi connectivity index (χ3v) is 2.30. The molecular formula is C11H14F2N2O3. The second-order valence-corrected chi connectivity index (χ2v) is 3.98. The highest BCUT2D eigenvalue weighted by Gasteiger charge is 2.28. The van der Waals surface area contributed by atoms with Gasteiger partial charge in [-0.1, -0.05) is 0 Å². The maximum absolute atomic E-state index is 12.9. The number of carbonyl (C=O) groups is 1. The fourth-order valence-electron chi connectivity index (χ4n) is 1.50. The van der Waals surface area contributed by atoms with Crippen LogP contribution < -0.4 is 5.32 Å². The smallest absolute Gasteiger partial charge is 0.339 e. The molecule has 0 amide bonds. The third-order valence-electron chi connectivity index (χ3n) is 2.30. The van der Waals surface area contributed by atoms with Crippen LogP contribution in [0.25, 0.3) is 0 Å². The van der Waals surface area contributed by atoms with E-state index in [1.807, 2.05) is 0 Å². The van der Waals surface area contributed by atoms with Crippen LogP contribution in [0.5, 0.6) is 0 Å². The molecule has 5 nitrogen and oxygen atoms in total. The maximum atomic E-state index is 12.9. The van der Waals surface area contributed by atoms with Crippen molar-refractivity contribution in [2.75, 3.05) is 18.5 Å². The summed E-state index contributed by atoms with van der Waals surface area (Å²) in [7, 11) is 0. The number of alkyl halides is 2. The molecule has 0 fully saturated rings. The molecule has 0 spiro atoms. The SMILES string of the molecule is Cc1cc(C)c(C(=O)O)c(NCC(F)(F)CO)n1. The predicted octanol–water partition coefficient (Wildman–Crippen LogP) is 1.44. The second kappa shape index (κ2) is 5.26. The molecule has 0 aromatic carbocycles. The minimum Gasteiger partial charge on any atom is -0.478 e. The maximum Gasteiger partial charge on any atom is 0.339 e. The third kappa shape index (κ3) is 3.36. The fourth-order valence-corrected chi connectivity index (χ4v) is 1.50. The summed E-state index contributed by atoms with van der Waals surface area (Å²) in [6, 6.07) is 1.55. The van der Waals surface area contributed by atoms with Crippen LogP contribution in [-0.4, -0.2) is 40.2 Å². The minimum absolute atomic E-state index is 0.117. The van der Waals surface area contributed by atoms with Crippen molar-refractivity contribution in [3.05, 3.63) is 22.9 Å². The van der Waals surface area contributed by atoms with Crippen LogP contribution >= 0.6 is 0 Å².